The molecule has 0 radical (unpaired) electrons. The second kappa shape index (κ2) is 6.60. The number of rotatable bonds is 5. The van der Waals surface area contributed by atoms with Crippen LogP contribution in [0.25, 0.3) is 5.65 Å². The molecule has 1 aliphatic rings. The average molecular weight is 313 g/mol. The molecule has 3 rings (SSSR count). The Morgan fingerprint density at radius 3 is 2.78 bits per heavy atom. The number of aliphatic imine (C=N–C) groups is 1. The van der Waals surface area contributed by atoms with E-state index in [1.807, 2.05) is 19.2 Å². The summed E-state index contributed by atoms with van der Waals surface area (Å²) in [5, 5.41) is 6.86. The highest BCUT2D eigenvalue weighted by molar-refractivity contribution is 5.79. The number of nitrogens with zero attached hydrogens (tertiary/aromatic N) is 3. The average Bonchev–Trinajstić information content (AvgIpc) is 2.94. The van der Waals surface area contributed by atoms with Crippen LogP contribution in [-0.2, 0) is 6.54 Å². The molecule has 2 heterocycles. The first-order valence-corrected chi connectivity index (χ1v) is 8.54. The van der Waals surface area contributed by atoms with Gasteiger partial charge in [-0.3, -0.25) is 4.99 Å². The van der Waals surface area contributed by atoms with Gasteiger partial charge in [-0.15, -0.1) is 0 Å². The van der Waals surface area contributed by atoms with Crippen molar-refractivity contribution in [3.8, 4) is 0 Å². The summed E-state index contributed by atoms with van der Waals surface area (Å²) < 4.78 is 2.12. The van der Waals surface area contributed by atoms with Crippen LogP contribution in [-0.4, -0.2) is 28.9 Å². The van der Waals surface area contributed by atoms with Crippen molar-refractivity contribution in [2.75, 3.05) is 13.6 Å². The van der Waals surface area contributed by atoms with E-state index in [1.54, 1.807) is 0 Å². The summed E-state index contributed by atoms with van der Waals surface area (Å²) in [4.78, 5) is 8.98. The summed E-state index contributed by atoms with van der Waals surface area (Å²) in [6.45, 7) is 6.07. The van der Waals surface area contributed by atoms with Crippen molar-refractivity contribution in [2.45, 2.75) is 46.1 Å². The normalized spacial score (nSPS) is 17.1. The van der Waals surface area contributed by atoms with Crippen molar-refractivity contribution < 1.29 is 0 Å². The van der Waals surface area contributed by atoms with Crippen LogP contribution in [0.1, 0.15) is 44.0 Å². The third kappa shape index (κ3) is 3.33. The number of aromatic nitrogens is 2. The van der Waals surface area contributed by atoms with Gasteiger partial charge in [0.05, 0.1) is 12.2 Å². The van der Waals surface area contributed by atoms with E-state index in [9.17, 15) is 0 Å². The Kier molecular flexibility index (Phi) is 4.55. The fourth-order valence-corrected chi connectivity index (χ4v) is 3.28. The molecule has 0 amide bonds. The van der Waals surface area contributed by atoms with Gasteiger partial charge in [-0.1, -0.05) is 19.4 Å². The monoisotopic (exact) mass is 313 g/mol. The maximum Gasteiger partial charge on any atom is 0.191 e. The van der Waals surface area contributed by atoms with Crippen molar-refractivity contribution in [3.63, 3.8) is 0 Å². The summed E-state index contributed by atoms with van der Waals surface area (Å²) in [5.74, 6) is 0.860. The largest absolute Gasteiger partial charge is 0.356 e. The number of imidazole rings is 1. The number of hydrogen-bond acceptors (Lipinski definition) is 2. The van der Waals surface area contributed by atoms with Gasteiger partial charge in [0.25, 0.3) is 0 Å². The van der Waals surface area contributed by atoms with E-state index < -0.39 is 0 Å². The highest BCUT2D eigenvalue weighted by Crippen LogP contribution is 2.42. The molecule has 0 aliphatic heterocycles. The van der Waals surface area contributed by atoms with Gasteiger partial charge in [0.1, 0.15) is 5.65 Å². The predicted molar refractivity (Wildman–Crippen MR) is 94.7 cm³/mol. The first kappa shape index (κ1) is 15.8. The van der Waals surface area contributed by atoms with Crippen LogP contribution in [0.4, 0.5) is 0 Å². The van der Waals surface area contributed by atoms with Gasteiger partial charge in [-0.2, -0.15) is 0 Å². The van der Waals surface area contributed by atoms with Crippen molar-refractivity contribution in [3.05, 3.63) is 35.8 Å². The van der Waals surface area contributed by atoms with Crippen LogP contribution >= 0.6 is 0 Å². The summed E-state index contributed by atoms with van der Waals surface area (Å²) in [6, 6.07) is 6.17. The van der Waals surface area contributed by atoms with Crippen molar-refractivity contribution in [2.24, 2.45) is 10.4 Å². The lowest BCUT2D eigenvalue weighted by Crippen LogP contribution is -2.46. The first-order chi connectivity index (χ1) is 11.2. The summed E-state index contributed by atoms with van der Waals surface area (Å²) >= 11 is 0. The zero-order chi connectivity index (χ0) is 16.3. The molecule has 0 spiro atoms. The zero-order valence-corrected chi connectivity index (χ0v) is 14.4. The van der Waals surface area contributed by atoms with Crippen molar-refractivity contribution >= 4 is 11.6 Å². The second-order valence-electron chi connectivity index (χ2n) is 6.61. The van der Waals surface area contributed by atoms with E-state index in [1.165, 1.54) is 31.4 Å². The minimum absolute atomic E-state index is 0.484. The smallest absolute Gasteiger partial charge is 0.191 e. The molecule has 0 atom stereocenters. The Bertz CT molecular complexity index is 691. The van der Waals surface area contributed by atoms with E-state index in [0.717, 1.165) is 23.8 Å². The number of aryl methyl sites for hydroxylation is 1. The first-order valence-electron chi connectivity index (χ1n) is 8.54. The van der Waals surface area contributed by atoms with Crippen LogP contribution in [0.3, 0.4) is 0 Å². The molecule has 124 valence electrons. The molecule has 0 unspecified atom stereocenters. The minimum atomic E-state index is 0.484. The third-order valence-corrected chi connectivity index (χ3v) is 5.20. The number of hydrogen-bond donors (Lipinski definition) is 2. The van der Waals surface area contributed by atoms with E-state index in [-0.39, 0.29) is 0 Å². The molecule has 0 aromatic carbocycles. The number of nitrogens with one attached hydrogen (secondary N) is 2. The maximum absolute atomic E-state index is 4.65. The van der Waals surface area contributed by atoms with Crippen LogP contribution in [0.2, 0.25) is 0 Å². The quantitative estimate of drug-likeness (QED) is 0.659. The van der Waals surface area contributed by atoms with Gasteiger partial charge in [-0.25, -0.2) is 4.98 Å². The molecule has 5 heteroatoms. The molecular weight excluding hydrogens is 286 g/mol. The Morgan fingerprint density at radius 2 is 2.17 bits per heavy atom. The molecule has 1 saturated carbocycles. The van der Waals surface area contributed by atoms with Crippen LogP contribution in [0.5, 0.6) is 0 Å². The zero-order valence-electron chi connectivity index (χ0n) is 14.4. The lowest BCUT2D eigenvalue weighted by atomic mass is 9.67. The molecule has 2 aromatic heterocycles. The van der Waals surface area contributed by atoms with Gasteiger partial charge in [-0.05, 0) is 43.7 Å². The highest BCUT2D eigenvalue weighted by Gasteiger charge is 2.34. The standard InChI is InChI=1S/C18H27N5/c1-4-18(9-6-10-18)13-21-17(19-3)20-11-15-12-23-14(2)7-5-8-16(23)22-15/h5,7-8,12H,4,6,9-11,13H2,1-3H3,(H2,19,20,21). The molecule has 2 N–H and O–H groups in total. The van der Waals surface area contributed by atoms with Gasteiger partial charge >= 0.3 is 0 Å². The molecule has 1 fully saturated rings. The van der Waals surface area contributed by atoms with Gasteiger partial charge < -0.3 is 15.0 Å². The SMILES string of the molecule is CCC1(CNC(=NC)NCc2cn3c(C)cccc3n2)CCC1. The number of guanidine groups is 1. The molecular formula is C18H27N5. The van der Waals surface area contributed by atoms with Gasteiger partial charge in [0, 0.05) is 25.5 Å². The number of fused-ring (bicyclic) bond motifs is 1. The Balaban J connectivity index is 1.58. The lowest BCUT2D eigenvalue weighted by Gasteiger charge is -2.41. The van der Waals surface area contributed by atoms with Crippen LogP contribution in [0.15, 0.2) is 29.4 Å². The van der Waals surface area contributed by atoms with Crippen molar-refractivity contribution in [1.82, 2.24) is 20.0 Å². The Labute approximate surface area is 138 Å². The molecule has 23 heavy (non-hydrogen) atoms. The molecule has 0 bridgehead atoms. The van der Waals surface area contributed by atoms with E-state index in [0.29, 0.717) is 12.0 Å². The molecule has 0 saturated heterocycles. The molecule has 2 aromatic rings. The topological polar surface area (TPSA) is 53.7 Å². The van der Waals surface area contributed by atoms with E-state index >= 15 is 0 Å². The highest BCUT2D eigenvalue weighted by atomic mass is 15.2. The van der Waals surface area contributed by atoms with E-state index in [2.05, 4.69) is 51.1 Å². The minimum Gasteiger partial charge on any atom is -0.356 e. The summed E-state index contributed by atoms with van der Waals surface area (Å²) in [5.41, 5.74) is 3.69. The second-order valence-corrected chi connectivity index (χ2v) is 6.61. The van der Waals surface area contributed by atoms with Gasteiger partial charge in [0.2, 0.25) is 0 Å². The fourth-order valence-electron chi connectivity index (χ4n) is 3.28. The lowest BCUT2D eigenvalue weighted by molar-refractivity contribution is 0.131. The maximum atomic E-state index is 4.65. The molecule has 1 aliphatic carbocycles. The fraction of sp³-hybridized carbons (Fsp3) is 0.556. The summed E-state index contributed by atoms with van der Waals surface area (Å²) in [7, 11) is 1.82. The molecule has 5 nitrogen and oxygen atoms in total. The van der Waals surface area contributed by atoms with Crippen LogP contribution < -0.4 is 10.6 Å². The third-order valence-electron chi connectivity index (χ3n) is 5.20. The number of pyridine rings is 1. The summed E-state index contributed by atoms with van der Waals surface area (Å²) in [6.07, 6.45) is 7.35. The van der Waals surface area contributed by atoms with Crippen LogP contribution in [0, 0.1) is 12.3 Å². The van der Waals surface area contributed by atoms with E-state index in [4.69, 9.17) is 0 Å². The van der Waals surface area contributed by atoms with Crippen molar-refractivity contribution in [1.29, 1.82) is 0 Å². The predicted octanol–water partition coefficient (Wildman–Crippen LogP) is 2.89. The Morgan fingerprint density at radius 1 is 1.35 bits per heavy atom. The Hall–Kier alpha value is -2.04. The van der Waals surface area contributed by atoms with Gasteiger partial charge in [0.15, 0.2) is 5.96 Å².